The summed E-state index contributed by atoms with van der Waals surface area (Å²) in [6.07, 6.45) is 3.21. The first kappa shape index (κ1) is 25.0. The molecule has 1 N–H and O–H groups in total. The SMILES string of the molecule is CC(c1cccc2ccccc12)N(C(=O)/C=C/c1ccccc1)C(=O)N[C@@H](C)c1cccc2ccccc12. The summed E-state index contributed by atoms with van der Waals surface area (Å²) in [4.78, 5) is 28.8. The van der Waals surface area contributed by atoms with Crippen LogP contribution in [0.1, 0.15) is 42.6 Å². The Bertz CT molecular complexity index is 1610. The summed E-state index contributed by atoms with van der Waals surface area (Å²) in [5, 5.41) is 7.36. The maximum Gasteiger partial charge on any atom is 0.325 e. The zero-order valence-electron chi connectivity index (χ0n) is 21.5. The molecule has 0 radical (unpaired) electrons. The number of urea groups is 1. The number of benzene rings is 5. The van der Waals surface area contributed by atoms with Crippen molar-refractivity contribution in [2.24, 2.45) is 0 Å². The fourth-order valence-corrected chi connectivity index (χ4v) is 4.99. The summed E-state index contributed by atoms with van der Waals surface area (Å²) in [5.74, 6) is -0.378. The molecule has 2 atom stereocenters. The molecule has 0 aliphatic carbocycles. The molecule has 0 bridgehead atoms. The van der Waals surface area contributed by atoms with Crippen LogP contribution >= 0.6 is 0 Å². The molecule has 4 heteroatoms. The number of imide groups is 1. The van der Waals surface area contributed by atoms with Crippen LogP contribution in [-0.2, 0) is 4.79 Å². The van der Waals surface area contributed by atoms with E-state index in [0.29, 0.717) is 0 Å². The van der Waals surface area contributed by atoms with Crippen molar-refractivity contribution >= 4 is 39.6 Å². The Kier molecular flexibility index (Phi) is 7.32. The molecule has 1 unspecified atom stereocenters. The van der Waals surface area contributed by atoms with Crippen LogP contribution in [0.3, 0.4) is 0 Å². The Morgan fingerprint density at radius 1 is 0.658 bits per heavy atom. The maximum atomic E-state index is 13.8. The minimum atomic E-state index is -0.492. The van der Waals surface area contributed by atoms with Crippen LogP contribution in [0, 0.1) is 0 Å². The second-order valence-electron chi connectivity index (χ2n) is 9.44. The number of hydrogen-bond acceptors (Lipinski definition) is 2. The summed E-state index contributed by atoms with van der Waals surface area (Å²) in [5.41, 5.74) is 2.81. The van der Waals surface area contributed by atoms with Gasteiger partial charge >= 0.3 is 6.03 Å². The van der Waals surface area contributed by atoms with Gasteiger partial charge in [0.25, 0.3) is 5.91 Å². The minimum absolute atomic E-state index is 0.304. The zero-order valence-corrected chi connectivity index (χ0v) is 21.5. The predicted molar refractivity (Wildman–Crippen MR) is 156 cm³/mol. The Balaban J connectivity index is 1.49. The van der Waals surface area contributed by atoms with E-state index in [4.69, 9.17) is 0 Å². The largest absolute Gasteiger partial charge is 0.331 e. The molecular weight excluding hydrogens is 468 g/mol. The highest BCUT2D eigenvalue weighted by atomic mass is 16.2. The average Bonchev–Trinajstić information content (AvgIpc) is 2.96. The quantitative estimate of drug-likeness (QED) is 0.241. The number of nitrogens with zero attached hydrogens (tertiary/aromatic N) is 1. The first-order chi connectivity index (χ1) is 18.5. The molecule has 5 aromatic rings. The van der Waals surface area contributed by atoms with Crippen LogP contribution in [0.2, 0.25) is 0 Å². The van der Waals surface area contributed by atoms with Crippen LogP contribution in [0.5, 0.6) is 0 Å². The monoisotopic (exact) mass is 498 g/mol. The molecule has 0 heterocycles. The van der Waals surface area contributed by atoms with Gasteiger partial charge in [-0.3, -0.25) is 9.69 Å². The normalized spacial score (nSPS) is 12.9. The number of carbonyl (C=O) groups is 2. The maximum absolute atomic E-state index is 13.8. The average molecular weight is 499 g/mol. The summed E-state index contributed by atoms with van der Waals surface area (Å²) < 4.78 is 0. The van der Waals surface area contributed by atoms with Gasteiger partial charge in [0.15, 0.2) is 0 Å². The molecular formula is C34H30N2O2. The Hall–Kier alpha value is -4.70. The van der Waals surface area contributed by atoms with E-state index >= 15 is 0 Å². The lowest BCUT2D eigenvalue weighted by atomic mass is 9.98. The highest BCUT2D eigenvalue weighted by Crippen LogP contribution is 2.30. The van der Waals surface area contributed by atoms with Gasteiger partial charge in [-0.25, -0.2) is 4.79 Å². The number of rotatable bonds is 6. The van der Waals surface area contributed by atoms with Gasteiger partial charge in [0, 0.05) is 6.08 Å². The Morgan fingerprint density at radius 3 is 1.84 bits per heavy atom. The first-order valence-corrected chi connectivity index (χ1v) is 12.8. The Labute approximate surface area is 223 Å². The van der Waals surface area contributed by atoms with Gasteiger partial charge < -0.3 is 5.32 Å². The van der Waals surface area contributed by atoms with E-state index in [2.05, 4.69) is 23.5 Å². The smallest absolute Gasteiger partial charge is 0.325 e. The molecule has 4 nitrogen and oxygen atoms in total. The second-order valence-corrected chi connectivity index (χ2v) is 9.44. The minimum Gasteiger partial charge on any atom is -0.331 e. The number of carbonyl (C=O) groups excluding carboxylic acids is 2. The van der Waals surface area contributed by atoms with Gasteiger partial charge in [-0.15, -0.1) is 0 Å². The van der Waals surface area contributed by atoms with E-state index in [0.717, 1.165) is 38.2 Å². The van der Waals surface area contributed by atoms with Gasteiger partial charge in [-0.1, -0.05) is 115 Å². The summed E-state index contributed by atoms with van der Waals surface area (Å²) in [7, 11) is 0. The third-order valence-corrected chi connectivity index (χ3v) is 6.96. The lowest BCUT2D eigenvalue weighted by molar-refractivity contribution is -0.124. The molecule has 5 rings (SSSR count). The number of amides is 3. The van der Waals surface area contributed by atoms with Gasteiger partial charge in [-0.05, 0) is 58.2 Å². The topological polar surface area (TPSA) is 49.4 Å². The molecule has 0 saturated heterocycles. The fourth-order valence-electron chi connectivity index (χ4n) is 4.99. The van der Waals surface area contributed by atoms with E-state index in [1.54, 1.807) is 6.08 Å². The van der Waals surface area contributed by atoms with Crippen molar-refractivity contribution in [2.75, 3.05) is 0 Å². The first-order valence-electron chi connectivity index (χ1n) is 12.8. The van der Waals surface area contributed by atoms with Gasteiger partial charge in [-0.2, -0.15) is 0 Å². The van der Waals surface area contributed by atoms with E-state index in [1.165, 1.54) is 11.0 Å². The second kappa shape index (κ2) is 11.1. The molecule has 0 saturated carbocycles. The highest BCUT2D eigenvalue weighted by Gasteiger charge is 2.29. The predicted octanol–water partition coefficient (Wildman–Crippen LogP) is 8.07. The number of hydrogen-bond donors (Lipinski definition) is 1. The summed E-state index contributed by atoms with van der Waals surface area (Å²) in [6.45, 7) is 3.85. The fraction of sp³-hybridized carbons (Fsp3) is 0.118. The van der Waals surface area contributed by atoms with Gasteiger partial charge in [0.2, 0.25) is 0 Å². The molecule has 0 spiro atoms. The van der Waals surface area contributed by atoms with Crippen molar-refractivity contribution < 1.29 is 9.59 Å². The van der Waals surface area contributed by atoms with Crippen molar-refractivity contribution in [3.63, 3.8) is 0 Å². The van der Waals surface area contributed by atoms with Gasteiger partial charge in [0.1, 0.15) is 0 Å². The molecule has 5 aromatic carbocycles. The van der Waals surface area contributed by atoms with Crippen molar-refractivity contribution in [2.45, 2.75) is 25.9 Å². The summed E-state index contributed by atoms with van der Waals surface area (Å²) in [6, 6.07) is 36.5. The molecule has 0 aliphatic rings. The van der Waals surface area contributed by atoms with E-state index in [-0.39, 0.29) is 11.9 Å². The third kappa shape index (κ3) is 5.21. The van der Waals surface area contributed by atoms with Crippen LogP contribution in [0.15, 0.2) is 121 Å². The van der Waals surface area contributed by atoms with Crippen molar-refractivity contribution in [1.82, 2.24) is 10.2 Å². The summed E-state index contributed by atoms with van der Waals surface area (Å²) >= 11 is 0. The van der Waals surface area contributed by atoms with Crippen molar-refractivity contribution in [3.8, 4) is 0 Å². The number of nitrogens with one attached hydrogen (secondary N) is 1. The molecule has 188 valence electrons. The molecule has 0 aliphatic heterocycles. The third-order valence-electron chi connectivity index (χ3n) is 6.96. The molecule has 0 fully saturated rings. The van der Waals surface area contributed by atoms with Crippen LogP contribution in [0.25, 0.3) is 27.6 Å². The lowest BCUT2D eigenvalue weighted by Gasteiger charge is -2.29. The van der Waals surface area contributed by atoms with Crippen molar-refractivity contribution in [1.29, 1.82) is 0 Å². The number of fused-ring (bicyclic) bond motifs is 2. The van der Waals surface area contributed by atoms with Crippen molar-refractivity contribution in [3.05, 3.63) is 138 Å². The highest BCUT2D eigenvalue weighted by molar-refractivity contribution is 6.03. The van der Waals surface area contributed by atoms with Crippen LogP contribution < -0.4 is 5.32 Å². The Morgan fingerprint density at radius 2 is 1.18 bits per heavy atom. The standard InChI is InChI=1S/C34H30N2O2/c1-24(29-20-10-16-27-14-6-8-18-31(27)29)35-34(38)36(33(37)23-22-26-12-4-3-5-13-26)25(2)30-21-11-17-28-15-7-9-19-32(28)30/h3-25H,1-2H3,(H,35,38)/b23-22+/t24-,25?/m0/s1. The van der Waals surface area contributed by atoms with Gasteiger partial charge in [0.05, 0.1) is 12.1 Å². The zero-order chi connectivity index (χ0) is 26.5. The van der Waals surface area contributed by atoms with E-state index < -0.39 is 12.1 Å². The van der Waals surface area contributed by atoms with Crippen LogP contribution in [-0.4, -0.2) is 16.8 Å². The molecule has 3 amide bonds. The molecule has 38 heavy (non-hydrogen) atoms. The van der Waals surface area contributed by atoms with E-state index in [1.807, 2.05) is 111 Å². The van der Waals surface area contributed by atoms with Crippen LogP contribution in [0.4, 0.5) is 4.79 Å². The lowest BCUT2D eigenvalue weighted by Crippen LogP contribution is -2.45. The molecule has 0 aromatic heterocycles. The van der Waals surface area contributed by atoms with E-state index in [9.17, 15) is 9.59 Å².